The Balaban J connectivity index is 1.85. The van der Waals surface area contributed by atoms with Crippen LogP contribution in [-0.4, -0.2) is 35.1 Å². The second-order valence-corrected chi connectivity index (χ2v) is 6.33. The third-order valence-electron chi connectivity index (χ3n) is 4.44. The van der Waals surface area contributed by atoms with E-state index in [0.717, 1.165) is 36.3 Å². The summed E-state index contributed by atoms with van der Waals surface area (Å²) in [5, 5.41) is 2.96. The summed E-state index contributed by atoms with van der Waals surface area (Å²) in [5.74, 6) is -0.243. The molecule has 2 heterocycles. The highest BCUT2D eigenvalue weighted by molar-refractivity contribution is 5.95. The third-order valence-corrected chi connectivity index (χ3v) is 4.44. The van der Waals surface area contributed by atoms with Gasteiger partial charge < -0.3 is 14.6 Å². The highest BCUT2D eigenvalue weighted by Gasteiger charge is 2.15. The smallest absolute Gasteiger partial charge is 0.305 e. The van der Waals surface area contributed by atoms with Gasteiger partial charge in [-0.25, -0.2) is 0 Å². The lowest BCUT2D eigenvalue weighted by Crippen LogP contribution is -2.25. The van der Waals surface area contributed by atoms with Gasteiger partial charge in [0.25, 0.3) is 5.91 Å². The number of ether oxygens (including phenoxy) is 1. The lowest BCUT2D eigenvalue weighted by Gasteiger charge is -2.09. The lowest BCUT2D eigenvalue weighted by atomic mass is 10.2. The number of rotatable bonds is 9. The van der Waals surface area contributed by atoms with Crippen molar-refractivity contribution in [3.63, 3.8) is 0 Å². The average molecular weight is 357 g/mol. The molecular formula is C20H27N3O3. The monoisotopic (exact) mass is 357 g/mol. The predicted octanol–water partition coefficient (Wildman–Crippen LogP) is 3.01. The molecule has 0 aliphatic carbocycles. The van der Waals surface area contributed by atoms with Crippen molar-refractivity contribution in [2.75, 3.05) is 13.7 Å². The molecular weight excluding hydrogens is 330 g/mol. The van der Waals surface area contributed by atoms with Gasteiger partial charge in [0, 0.05) is 30.6 Å². The molecule has 26 heavy (non-hydrogen) atoms. The first-order valence-electron chi connectivity index (χ1n) is 8.94. The zero-order chi connectivity index (χ0) is 18.9. The van der Waals surface area contributed by atoms with Crippen LogP contribution in [0, 0.1) is 13.8 Å². The molecule has 0 aliphatic rings. The Bertz CT molecular complexity index is 738. The summed E-state index contributed by atoms with van der Waals surface area (Å²) >= 11 is 0. The number of carbonyl (C=O) groups excluding carboxylic acids is 2. The molecule has 0 atom stereocenters. The molecule has 0 saturated carbocycles. The quantitative estimate of drug-likeness (QED) is 0.553. The maximum atomic E-state index is 12.5. The zero-order valence-corrected chi connectivity index (χ0v) is 15.7. The summed E-state index contributed by atoms with van der Waals surface area (Å²) < 4.78 is 6.71. The standard InChI is InChI=1S/C20H27N3O3/c1-15-13-18(16(2)23(15)14-17-9-6-8-11-21-17)20(25)22-12-7-4-5-10-19(24)26-3/h6,8-9,11,13H,4-5,7,10,12,14H2,1-3H3,(H,22,25). The maximum Gasteiger partial charge on any atom is 0.305 e. The van der Waals surface area contributed by atoms with Crippen molar-refractivity contribution < 1.29 is 14.3 Å². The van der Waals surface area contributed by atoms with E-state index in [9.17, 15) is 9.59 Å². The van der Waals surface area contributed by atoms with Gasteiger partial charge in [0.05, 0.1) is 24.9 Å². The molecule has 0 bridgehead atoms. The van der Waals surface area contributed by atoms with E-state index in [0.29, 0.717) is 25.1 Å². The fraction of sp³-hybridized carbons (Fsp3) is 0.450. The van der Waals surface area contributed by atoms with Crippen molar-refractivity contribution in [2.45, 2.75) is 46.1 Å². The van der Waals surface area contributed by atoms with E-state index in [2.05, 4.69) is 19.6 Å². The number of methoxy groups -OCH3 is 1. The first-order chi connectivity index (χ1) is 12.5. The largest absolute Gasteiger partial charge is 0.469 e. The van der Waals surface area contributed by atoms with Crippen LogP contribution in [0.2, 0.25) is 0 Å². The van der Waals surface area contributed by atoms with Crippen LogP contribution in [0.5, 0.6) is 0 Å². The van der Waals surface area contributed by atoms with Gasteiger partial charge in [-0.3, -0.25) is 14.6 Å². The maximum absolute atomic E-state index is 12.5. The van der Waals surface area contributed by atoms with Crippen molar-refractivity contribution in [3.8, 4) is 0 Å². The van der Waals surface area contributed by atoms with Crippen LogP contribution in [0.15, 0.2) is 30.5 Å². The Morgan fingerprint density at radius 2 is 2.00 bits per heavy atom. The molecule has 6 heteroatoms. The van der Waals surface area contributed by atoms with Gasteiger partial charge in [-0.05, 0) is 44.9 Å². The lowest BCUT2D eigenvalue weighted by molar-refractivity contribution is -0.140. The minimum atomic E-state index is -0.186. The summed E-state index contributed by atoms with van der Waals surface area (Å²) in [7, 11) is 1.40. The van der Waals surface area contributed by atoms with E-state index in [4.69, 9.17) is 0 Å². The number of amides is 1. The first-order valence-corrected chi connectivity index (χ1v) is 8.94. The van der Waals surface area contributed by atoms with Crippen molar-refractivity contribution >= 4 is 11.9 Å². The molecule has 1 amide bonds. The van der Waals surface area contributed by atoms with E-state index in [1.165, 1.54) is 7.11 Å². The second-order valence-electron chi connectivity index (χ2n) is 6.33. The van der Waals surface area contributed by atoms with E-state index in [1.54, 1.807) is 6.20 Å². The van der Waals surface area contributed by atoms with Gasteiger partial charge >= 0.3 is 5.97 Å². The number of nitrogens with zero attached hydrogens (tertiary/aromatic N) is 2. The fourth-order valence-electron chi connectivity index (χ4n) is 2.90. The van der Waals surface area contributed by atoms with Crippen molar-refractivity contribution in [1.29, 1.82) is 0 Å². The Morgan fingerprint density at radius 1 is 1.19 bits per heavy atom. The predicted molar refractivity (Wildman–Crippen MR) is 100 cm³/mol. The van der Waals surface area contributed by atoms with Gasteiger partial charge in [0.2, 0.25) is 0 Å². The SMILES string of the molecule is COC(=O)CCCCCNC(=O)c1cc(C)n(Cc2ccccn2)c1C. The number of hydrogen-bond donors (Lipinski definition) is 1. The van der Waals surface area contributed by atoms with Crippen LogP contribution < -0.4 is 5.32 Å². The summed E-state index contributed by atoms with van der Waals surface area (Å²) in [5.41, 5.74) is 3.65. The molecule has 1 N–H and O–H groups in total. The number of aryl methyl sites for hydroxylation is 1. The number of pyridine rings is 1. The van der Waals surface area contributed by atoms with Gasteiger partial charge in [-0.15, -0.1) is 0 Å². The molecule has 2 rings (SSSR count). The molecule has 0 saturated heterocycles. The zero-order valence-electron chi connectivity index (χ0n) is 15.7. The van der Waals surface area contributed by atoms with Gasteiger partial charge in [-0.2, -0.15) is 0 Å². The Hall–Kier alpha value is -2.63. The fourth-order valence-corrected chi connectivity index (χ4v) is 2.90. The number of nitrogens with one attached hydrogen (secondary N) is 1. The summed E-state index contributed by atoms with van der Waals surface area (Å²) in [6, 6.07) is 7.76. The molecule has 2 aromatic heterocycles. The summed E-state index contributed by atoms with van der Waals surface area (Å²) in [6.07, 6.45) is 4.71. The van der Waals surface area contributed by atoms with Crippen LogP contribution in [0.4, 0.5) is 0 Å². The minimum Gasteiger partial charge on any atom is -0.469 e. The van der Waals surface area contributed by atoms with E-state index < -0.39 is 0 Å². The number of unbranched alkanes of at least 4 members (excludes halogenated alkanes) is 2. The molecule has 2 aromatic rings. The molecule has 0 aliphatic heterocycles. The van der Waals surface area contributed by atoms with Crippen LogP contribution in [0.3, 0.4) is 0 Å². The highest BCUT2D eigenvalue weighted by atomic mass is 16.5. The molecule has 0 unspecified atom stereocenters. The number of aromatic nitrogens is 2. The molecule has 0 fully saturated rings. The van der Waals surface area contributed by atoms with E-state index in [1.807, 2.05) is 38.1 Å². The topological polar surface area (TPSA) is 73.2 Å². The summed E-state index contributed by atoms with van der Waals surface area (Å²) in [6.45, 7) is 5.21. The number of carbonyl (C=O) groups is 2. The van der Waals surface area contributed by atoms with Crippen LogP contribution in [0.1, 0.15) is 53.1 Å². The van der Waals surface area contributed by atoms with Crippen LogP contribution in [0.25, 0.3) is 0 Å². The third kappa shape index (κ3) is 5.44. The van der Waals surface area contributed by atoms with Gasteiger partial charge in [0.15, 0.2) is 0 Å². The molecule has 140 valence electrons. The molecule has 0 spiro atoms. The van der Waals surface area contributed by atoms with Gasteiger partial charge in [0.1, 0.15) is 0 Å². The minimum absolute atomic E-state index is 0.0571. The Morgan fingerprint density at radius 3 is 2.69 bits per heavy atom. The van der Waals surface area contributed by atoms with Gasteiger partial charge in [-0.1, -0.05) is 12.5 Å². The number of hydrogen-bond acceptors (Lipinski definition) is 4. The van der Waals surface area contributed by atoms with E-state index in [-0.39, 0.29) is 11.9 Å². The van der Waals surface area contributed by atoms with Crippen LogP contribution in [-0.2, 0) is 16.1 Å². The van der Waals surface area contributed by atoms with Crippen LogP contribution >= 0.6 is 0 Å². The van der Waals surface area contributed by atoms with Crippen molar-refractivity contribution in [2.24, 2.45) is 0 Å². The molecule has 0 aromatic carbocycles. The van der Waals surface area contributed by atoms with E-state index >= 15 is 0 Å². The Kier molecular flexibility index (Phi) is 7.38. The molecule has 6 nitrogen and oxygen atoms in total. The second kappa shape index (κ2) is 9.75. The highest BCUT2D eigenvalue weighted by Crippen LogP contribution is 2.16. The average Bonchev–Trinajstić information content (AvgIpc) is 2.93. The van der Waals surface area contributed by atoms with Crippen molar-refractivity contribution in [1.82, 2.24) is 14.9 Å². The summed E-state index contributed by atoms with van der Waals surface area (Å²) in [4.78, 5) is 27.9. The molecule has 0 radical (unpaired) electrons. The first kappa shape index (κ1) is 19.7. The normalized spacial score (nSPS) is 10.6. The Labute approximate surface area is 154 Å². The number of esters is 1. The van der Waals surface area contributed by atoms with Crippen molar-refractivity contribution in [3.05, 3.63) is 53.1 Å².